The molecule has 0 aliphatic heterocycles. The first-order valence-corrected chi connectivity index (χ1v) is 8.58. The highest BCUT2D eigenvalue weighted by atomic mass is 79.9. The quantitative estimate of drug-likeness (QED) is 0.778. The molecule has 0 aromatic heterocycles. The number of carbonyl (C=O) groups is 1. The largest absolute Gasteiger partial charge is 0.324 e. The molecule has 5 heteroatoms. The van der Waals surface area contributed by atoms with E-state index in [1.54, 1.807) is 0 Å². The molecule has 1 saturated carbocycles. The second-order valence-corrected chi connectivity index (χ2v) is 7.12. The summed E-state index contributed by atoms with van der Waals surface area (Å²) in [5, 5.41) is 6.39. The zero-order valence-electron chi connectivity index (χ0n) is 11.6. The number of anilines is 1. The van der Waals surface area contributed by atoms with Crippen LogP contribution >= 0.6 is 31.9 Å². The second-order valence-electron chi connectivity index (χ2n) is 5.41. The van der Waals surface area contributed by atoms with Crippen LogP contribution in [-0.4, -0.2) is 18.5 Å². The van der Waals surface area contributed by atoms with Gasteiger partial charge in [-0.05, 0) is 63.9 Å². The number of hydrogen-bond acceptors (Lipinski definition) is 2. The van der Waals surface area contributed by atoms with Crippen molar-refractivity contribution in [3.8, 4) is 0 Å². The van der Waals surface area contributed by atoms with Crippen LogP contribution in [0.4, 0.5) is 5.69 Å². The van der Waals surface area contributed by atoms with Crippen LogP contribution in [0.15, 0.2) is 27.1 Å². The Bertz CT molecular complexity index is 465. The Morgan fingerprint density at radius 1 is 1.20 bits per heavy atom. The number of rotatable bonds is 4. The lowest BCUT2D eigenvalue weighted by Crippen LogP contribution is -2.47. The molecule has 20 heavy (non-hydrogen) atoms. The van der Waals surface area contributed by atoms with E-state index in [1.165, 1.54) is 19.3 Å². The summed E-state index contributed by atoms with van der Waals surface area (Å²) in [6, 6.07) is 5.78. The van der Waals surface area contributed by atoms with Crippen molar-refractivity contribution in [2.75, 3.05) is 12.4 Å². The van der Waals surface area contributed by atoms with Crippen LogP contribution in [0.1, 0.15) is 38.5 Å². The van der Waals surface area contributed by atoms with Gasteiger partial charge < -0.3 is 10.6 Å². The third kappa shape index (κ3) is 3.83. The van der Waals surface area contributed by atoms with Crippen molar-refractivity contribution >= 4 is 43.5 Å². The van der Waals surface area contributed by atoms with E-state index < -0.39 is 0 Å². The van der Waals surface area contributed by atoms with Crippen LogP contribution in [-0.2, 0) is 4.79 Å². The van der Waals surface area contributed by atoms with E-state index in [-0.39, 0.29) is 11.4 Å². The predicted molar refractivity (Wildman–Crippen MR) is 90.0 cm³/mol. The van der Waals surface area contributed by atoms with Crippen LogP contribution in [0.25, 0.3) is 0 Å². The second kappa shape index (κ2) is 7.05. The van der Waals surface area contributed by atoms with Gasteiger partial charge in [0.15, 0.2) is 0 Å². The molecule has 0 saturated heterocycles. The van der Waals surface area contributed by atoms with E-state index >= 15 is 0 Å². The fraction of sp³-hybridized carbons (Fsp3) is 0.533. The number of nitrogens with one attached hydrogen (secondary N) is 2. The Morgan fingerprint density at radius 2 is 1.80 bits per heavy atom. The number of carbonyl (C=O) groups excluding carboxylic acids is 1. The Balaban J connectivity index is 2.05. The first-order valence-electron chi connectivity index (χ1n) is 6.99. The lowest BCUT2D eigenvalue weighted by atomic mass is 9.79. The lowest BCUT2D eigenvalue weighted by Gasteiger charge is -2.36. The van der Waals surface area contributed by atoms with E-state index in [9.17, 15) is 4.79 Å². The van der Waals surface area contributed by atoms with Gasteiger partial charge in [0.05, 0.1) is 5.69 Å². The first kappa shape index (κ1) is 16.0. The number of benzene rings is 1. The maximum absolute atomic E-state index is 12.4. The van der Waals surface area contributed by atoms with Crippen LogP contribution in [0, 0.1) is 0 Å². The number of para-hydroxylation sites is 1. The van der Waals surface area contributed by atoms with Gasteiger partial charge in [-0.2, -0.15) is 0 Å². The summed E-state index contributed by atoms with van der Waals surface area (Å²) < 4.78 is 1.78. The summed E-state index contributed by atoms with van der Waals surface area (Å²) in [4.78, 5) is 12.4. The molecular formula is C15H20Br2N2O. The SMILES string of the molecule is CNC1(CC(=O)Nc2c(Br)cccc2Br)CCCCC1. The molecule has 0 radical (unpaired) electrons. The smallest absolute Gasteiger partial charge is 0.226 e. The molecule has 1 fully saturated rings. The van der Waals surface area contributed by atoms with Crippen LogP contribution < -0.4 is 10.6 Å². The highest BCUT2D eigenvalue weighted by Crippen LogP contribution is 2.33. The van der Waals surface area contributed by atoms with Gasteiger partial charge in [-0.25, -0.2) is 0 Å². The fourth-order valence-electron chi connectivity index (χ4n) is 2.85. The fourth-order valence-corrected chi connectivity index (χ4v) is 4.05. The van der Waals surface area contributed by atoms with Gasteiger partial charge in [-0.3, -0.25) is 4.79 Å². The van der Waals surface area contributed by atoms with E-state index in [1.807, 2.05) is 25.2 Å². The van der Waals surface area contributed by atoms with Crippen molar-refractivity contribution in [3.05, 3.63) is 27.1 Å². The minimum Gasteiger partial charge on any atom is -0.324 e. The molecule has 0 heterocycles. The van der Waals surface area contributed by atoms with Crippen LogP contribution in [0.3, 0.4) is 0 Å². The molecule has 110 valence electrons. The zero-order chi connectivity index (χ0) is 14.6. The average Bonchev–Trinajstić information content (AvgIpc) is 2.44. The van der Waals surface area contributed by atoms with Gasteiger partial charge in [-0.1, -0.05) is 25.3 Å². The summed E-state index contributed by atoms with van der Waals surface area (Å²) in [5.41, 5.74) is 0.773. The lowest BCUT2D eigenvalue weighted by molar-refractivity contribution is -0.117. The Kier molecular flexibility index (Phi) is 5.64. The zero-order valence-corrected chi connectivity index (χ0v) is 14.8. The molecule has 1 aromatic carbocycles. The van der Waals surface area contributed by atoms with Crippen molar-refractivity contribution in [1.29, 1.82) is 0 Å². The molecular weight excluding hydrogens is 384 g/mol. The maximum atomic E-state index is 12.4. The molecule has 2 rings (SSSR count). The van der Waals surface area contributed by atoms with Gasteiger partial charge in [0.1, 0.15) is 0 Å². The van der Waals surface area contributed by atoms with Crippen molar-refractivity contribution in [1.82, 2.24) is 5.32 Å². The molecule has 0 bridgehead atoms. The van der Waals surface area contributed by atoms with E-state index in [4.69, 9.17) is 0 Å². The normalized spacial score (nSPS) is 17.8. The third-order valence-corrected chi connectivity index (χ3v) is 5.39. The van der Waals surface area contributed by atoms with Crippen molar-refractivity contribution in [2.45, 2.75) is 44.1 Å². The Hall–Kier alpha value is -0.390. The summed E-state index contributed by atoms with van der Waals surface area (Å²) in [6.07, 6.45) is 6.36. The molecule has 0 unspecified atom stereocenters. The van der Waals surface area contributed by atoms with Gasteiger partial charge >= 0.3 is 0 Å². The molecule has 0 spiro atoms. The molecule has 0 atom stereocenters. The Labute approximate surface area is 137 Å². The highest BCUT2D eigenvalue weighted by Gasteiger charge is 2.32. The number of amides is 1. The van der Waals surface area contributed by atoms with Gasteiger partial charge in [0.2, 0.25) is 5.91 Å². The van der Waals surface area contributed by atoms with Crippen LogP contribution in [0.5, 0.6) is 0 Å². The standard InChI is InChI=1S/C15H20Br2N2O/c1-18-15(8-3-2-4-9-15)10-13(20)19-14-11(16)6-5-7-12(14)17/h5-7,18H,2-4,8-10H2,1H3,(H,19,20). The molecule has 1 aliphatic rings. The minimum absolute atomic E-state index is 0.0317. The highest BCUT2D eigenvalue weighted by molar-refractivity contribution is 9.11. The predicted octanol–water partition coefficient (Wildman–Crippen LogP) is 4.46. The molecule has 2 N–H and O–H groups in total. The molecule has 1 aliphatic carbocycles. The Morgan fingerprint density at radius 3 is 2.35 bits per heavy atom. The van der Waals surface area contributed by atoms with Gasteiger partial charge in [-0.15, -0.1) is 0 Å². The number of halogens is 2. The average molecular weight is 404 g/mol. The molecule has 1 aromatic rings. The van der Waals surface area contributed by atoms with E-state index in [0.717, 1.165) is 27.5 Å². The van der Waals surface area contributed by atoms with Gasteiger partial charge in [0, 0.05) is 20.9 Å². The van der Waals surface area contributed by atoms with Crippen LogP contribution in [0.2, 0.25) is 0 Å². The van der Waals surface area contributed by atoms with Gasteiger partial charge in [0.25, 0.3) is 0 Å². The third-order valence-electron chi connectivity index (χ3n) is 4.07. The van der Waals surface area contributed by atoms with Crippen molar-refractivity contribution in [3.63, 3.8) is 0 Å². The first-order chi connectivity index (χ1) is 9.56. The molecule has 3 nitrogen and oxygen atoms in total. The summed E-state index contributed by atoms with van der Waals surface area (Å²) in [7, 11) is 1.97. The van der Waals surface area contributed by atoms with E-state index in [0.29, 0.717) is 6.42 Å². The van der Waals surface area contributed by atoms with E-state index in [2.05, 4.69) is 42.5 Å². The number of hydrogen-bond donors (Lipinski definition) is 2. The van der Waals surface area contributed by atoms with Crippen molar-refractivity contribution < 1.29 is 4.79 Å². The monoisotopic (exact) mass is 402 g/mol. The maximum Gasteiger partial charge on any atom is 0.226 e. The topological polar surface area (TPSA) is 41.1 Å². The molecule has 1 amide bonds. The van der Waals surface area contributed by atoms with Crippen molar-refractivity contribution in [2.24, 2.45) is 0 Å². The summed E-state index contributed by atoms with van der Waals surface area (Å²) in [6.45, 7) is 0. The summed E-state index contributed by atoms with van der Waals surface area (Å²) >= 11 is 6.94. The summed E-state index contributed by atoms with van der Waals surface area (Å²) in [5.74, 6) is 0.0638. The minimum atomic E-state index is -0.0317.